The van der Waals surface area contributed by atoms with Gasteiger partial charge in [-0.3, -0.25) is 14.5 Å². The molecular weight excluding hydrogens is 360 g/mol. The lowest BCUT2D eigenvalue weighted by Crippen LogP contribution is -2.30. The van der Waals surface area contributed by atoms with Crippen LogP contribution in [0.4, 0.5) is 0 Å². The quantitative estimate of drug-likeness (QED) is 0.620. The van der Waals surface area contributed by atoms with Gasteiger partial charge in [0.2, 0.25) is 5.91 Å². The molecule has 0 aliphatic rings. The van der Waals surface area contributed by atoms with Crippen LogP contribution in [-0.4, -0.2) is 20.7 Å². The number of pyridine rings is 1. The molecule has 0 fully saturated rings. The SMILES string of the molecule is Cc1nn(CC(C)C)c(C)c1CCC(=O)NC(c1ccccc1)c1ccccn1. The van der Waals surface area contributed by atoms with Gasteiger partial charge in [-0.1, -0.05) is 50.2 Å². The van der Waals surface area contributed by atoms with Crippen molar-refractivity contribution in [1.29, 1.82) is 0 Å². The van der Waals surface area contributed by atoms with E-state index in [9.17, 15) is 4.79 Å². The summed E-state index contributed by atoms with van der Waals surface area (Å²) in [6.07, 6.45) is 2.86. The van der Waals surface area contributed by atoms with Gasteiger partial charge < -0.3 is 5.32 Å². The number of carbonyl (C=O) groups excluding carboxylic acids is 1. The van der Waals surface area contributed by atoms with Gasteiger partial charge in [0.05, 0.1) is 17.4 Å². The Morgan fingerprint density at radius 2 is 1.79 bits per heavy atom. The highest BCUT2D eigenvalue weighted by molar-refractivity contribution is 5.77. The average molecular weight is 391 g/mol. The molecule has 1 aromatic carbocycles. The minimum atomic E-state index is -0.254. The van der Waals surface area contributed by atoms with E-state index in [0.717, 1.165) is 29.2 Å². The molecule has 0 spiro atoms. The van der Waals surface area contributed by atoms with E-state index >= 15 is 0 Å². The number of rotatable bonds is 8. The van der Waals surface area contributed by atoms with Crippen LogP contribution in [0.5, 0.6) is 0 Å². The number of hydrogen-bond acceptors (Lipinski definition) is 3. The number of nitrogens with zero attached hydrogens (tertiary/aromatic N) is 3. The number of hydrogen-bond donors (Lipinski definition) is 1. The van der Waals surface area contributed by atoms with Crippen molar-refractivity contribution < 1.29 is 4.79 Å². The van der Waals surface area contributed by atoms with Crippen LogP contribution < -0.4 is 5.32 Å². The Kier molecular flexibility index (Phi) is 6.81. The van der Waals surface area contributed by atoms with Gasteiger partial charge in [-0.05, 0) is 49.4 Å². The van der Waals surface area contributed by atoms with Crippen molar-refractivity contribution in [2.24, 2.45) is 5.92 Å². The minimum Gasteiger partial charge on any atom is -0.344 e. The molecule has 0 saturated heterocycles. The first-order valence-electron chi connectivity index (χ1n) is 10.2. The first-order valence-corrected chi connectivity index (χ1v) is 10.2. The largest absolute Gasteiger partial charge is 0.344 e. The highest BCUT2D eigenvalue weighted by Crippen LogP contribution is 2.21. The van der Waals surface area contributed by atoms with Gasteiger partial charge in [0.1, 0.15) is 0 Å². The molecule has 29 heavy (non-hydrogen) atoms. The summed E-state index contributed by atoms with van der Waals surface area (Å²) in [6, 6.07) is 15.5. The van der Waals surface area contributed by atoms with Gasteiger partial charge in [-0.15, -0.1) is 0 Å². The summed E-state index contributed by atoms with van der Waals surface area (Å²) in [4.78, 5) is 17.3. The molecule has 3 rings (SSSR count). The first kappa shape index (κ1) is 20.8. The predicted octanol–water partition coefficient (Wildman–Crippen LogP) is 4.39. The highest BCUT2D eigenvalue weighted by atomic mass is 16.1. The summed E-state index contributed by atoms with van der Waals surface area (Å²) in [7, 11) is 0. The zero-order chi connectivity index (χ0) is 20.8. The summed E-state index contributed by atoms with van der Waals surface area (Å²) in [5.74, 6) is 0.550. The molecule has 0 saturated carbocycles. The van der Waals surface area contributed by atoms with E-state index in [1.165, 1.54) is 5.56 Å². The fourth-order valence-corrected chi connectivity index (χ4v) is 3.61. The molecule has 3 aromatic rings. The third-order valence-corrected chi connectivity index (χ3v) is 5.09. The third kappa shape index (κ3) is 5.31. The maximum absolute atomic E-state index is 12.8. The third-order valence-electron chi connectivity index (χ3n) is 5.09. The minimum absolute atomic E-state index is 0.0138. The standard InChI is InChI=1S/C24H30N4O/c1-17(2)16-28-19(4)21(18(3)27-28)13-14-23(29)26-24(20-10-6-5-7-11-20)22-12-8-9-15-25-22/h5-12,15,17,24H,13-14,16H2,1-4H3,(H,26,29). The molecule has 0 bridgehead atoms. The maximum atomic E-state index is 12.8. The van der Waals surface area contributed by atoms with Crippen LogP contribution in [0.1, 0.15) is 54.5 Å². The summed E-state index contributed by atoms with van der Waals surface area (Å²) < 4.78 is 2.06. The topological polar surface area (TPSA) is 59.8 Å². The van der Waals surface area contributed by atoms with Gasteiger partial charge in [0, 0.05) is 24.9 Å². The summed E-state index contributed by atoms with van der Waals surface area (Å²) in [5, 5.41) is 7.83. The lowest BCUT2D eigenvalue weighted by atomic mass is 10.0. The van der Waals surface area contributed by atoms with E-state index in [0.29, 0.717) is 18.8 Å². The van der Waals surface area contributed by atoms with Crippen molar-refractivity contribution in [2.75, 3.05) is 0 Å². The summed E-state index contributed by atoms with van der Waals surface area (Å²) in [6.45, 7) is 9.39. The second-order valence-corrected chi connectivity index (χ2v) is 7.89. The Morgan fingerprint density at radius 1 is 1.07 bits per heavy atom. The number of carbonyl (C=O) groups is 1. The van der Waals surface area contributed by atoms with Crippen molar-refractivity contribution in [3.63, 3.8) is 0 Å². The van der Waals surface area contributed by atoms with Crippen LogP contribution in [0.3, 0.4) is 0 Å². The summed E-state index contributed by atoms with van der Waals surface area (Å²) in [5.41, 5.74) is 5.21. The fourth-order valence-electron chi connectivity index (χ4n) is 3.61. The molecule has 5 nitrogen and oxygen atoms in total. The molecular formula is C24H30N4O. The van der Waals surface area contributed by atoms with Gasteiger partial charge in [-0.2, -0.15) is 5.10 Å². The predicted molar refractivity (Wildman–Crippen MR) is 116 cm³/mol. The van der Waals surface area contributed by atoms with Gasteiger partial charge in [0.25, 0.3) is 0 Å². The van der Waals surface area contributed by atoms with Gasteiger partial charge >= 0.3 is 0 Å². The molecule has 5 heteroatoms. The molecule has 0 radical (unpaired) electrons. The van der Waals surface area contributed by atoms with E-state index < -0.39 is 0 Å². The zero-order valence-corrected chi connectivity index (χ0v) is 17.7. The Hall–Kier alpha value is -2.95. The van der Waals surface area contributed by atoms with Crippen LogP contribution in [0.25, 0.3) is 0 Å². The van der Waals surface area contributed by atoms with E-state index in [2.05, 4.69) is 40.9 Å². The number of amides is 1. The van der Waals surface area contributed by atoms with E-state index in [1.54, 1.807) is 6.20 Å². The molecule has 2 aromatic heterocycles. The van der Waals surface area contributed by atoms with E-state index in [1.807, 2.05) is 55.5 Å². The molecule has 0 aliphatic heterocycles. The molecule has 1 atom stereocenters. The highest BCUT2D eigenvalue weighted by Gasteiger charge is 2.19. The van der Waals surface area contributed by atoms with Crippen molar-refractivity contribution in [3.05, 3.63) is 82.9 Å². The lowest BCUT2D eigenvalue weighted by Gasteiger charge is -2.19. The second-order valence-electron chi connectivity index (χ2n) is 7.89. The number of nitrogens with one attached hydrogen (secondary N) is 1. The maximum Gasteiger partial charge on any atom is 0.221 e. The number of benzene rings is 1. The van der Waals surface area contributed by atoms with Crippen LogP contribution in [0.2, 0.25) is 0 Å². The number of aryl methyl sites for hydroxylation is 1. The Labute approximate surface area is 173 Å². The Morgan fingerprint density at radius 3 is 2.45 bits per heavy atom. The molecule has 0 aliphatic carbocycles. The van der Waals surface area contributed by atoms with Crippen molar-refractivity contribution in [2.45, 2.75) is 53.1 Å². The molecule has 2 heterocycles. The lowest BCUT2D eigenvalue weighted by molar-refractivity contribution is -0.121. The van der Waals surface area contributed by atoms with Crippen molar-refractivity contribution in [1.82, 2.24) is 20.1 Å². The van der Waals surface area contributed by atoms with E-state index in [-0.39, 0.29) is 11.9 Å². The van der Waals surface area contributed by atoms with Gasteiger partial charge in [-0.25, -0.2) is 0 Å². The molecule has 1 amide bonds. The Bertz CT molecular complexity index is 893. The Balaban J connectivity index is 1.71. The molecule has 1 N–H and O–H groups in total. The monoisotopic (exact) mass is 390 g/mol. The number of aromatic nitrogens is 3. The van der Waals surface area contributed by atoms with Crippen LogP contribution >= 0.6 is 0 Å². The second kappa shape index (κ2) is 9.50. The van der Waals surface area contributed by atoms with Crippen LogP contribution in [0.15, 0.2) is 54.7 Å². The van der Waals surface area contributed by atoms with E-state index in [4.69, 9.17) is 0 Å². The van der Waals surface area contributed by atoms with Crippen molar-refractivity contribution in [3.8, 4) is 0 Å². The van der Waals surface area contributed by atoms with Crippen LogP contribution in [-0.2, 0) is 17.8 Å². The van der Waals surface area contributed by atoms with Crippen molar-refractivity contribution >= 4 is 5.91 Å². The smallest absolute Gasteiger partial charge is 0.221 e. The average Bonchev–Trinajstić information content (AvgIpc) is 2.98. The van der Waals surface area contributed by atoms with Crippen LogP contribution in [0, 0.1) is 19.8 Å². The fraction of sp³-hybridized carbons (Fsp3) is 0.375. The zero-order valence-electron chi connectivity index (χ0n) is 17.7. The van der Waals surface area contributed by atoms with Gasteiger partial charge in [0.15, 0.2) is 0 Å². The first-order chi connectivity index (χ1) is 14.0. The molecule has 152 valence electrons. The normalized spacial score (nSPS) is 12.2. The summed E-state index contributed by atoms with van der Waals surface area (Å²) >= 11 is 0. The molecule has 1 unspecified atom stereocenters.